The Morgan fingerprint density at radius 1 is 1.47 bits per heavy atom. The summed E-state index contributed by atoms with van der Waals surface area (Å²) in [5, 5.41) is 3.52. The van der Waals surface area contributed by atoms with Gasteiger partial charge < -0.3 is 10.2 Å². The van der Waals surface area contributed by atoms with Gasteiger partial charge in [-0.15, -0.1) is 0 Å². The molecule has 1 unspecified atom stereocenters. The number of aryl methyl sites for hydroxylation is 1. The maximum atomic E-state index is 5.76. The largest absolute Gasteiger partial charge is 0.368 e. The van der Waals surface area contributed by atoms with Gasteiger partial charge in [-0.05, 0) is 39.5 Å². The van der Waals surface area contributed by atoms with Crippen LogP contribution in [0.3, 0.4) is 0 Å². The first-order valence-electron chi connectivity index (χ1n) is 4.90. The molecule has 1 N–H and O–H groups in total. The third-order valence-electron chi connectivity index (χ3n) is 2.29. The highest BCUT2D eigenvalue weighted by Crippen LogP contribution is 2.09. The van der Waals surface area contributed by atoms with Crippen molar-refractivity contribution in [3.63, 3.8) is 0 Å². The number of halogens is 1. The summed E-state index contributed by atoms with van der Waals surface area (Å²) >= 11 is 5.76. The van der Waals surface area contributed by atoms with E-state index in [9.17, 15) is 0 Å². The number of nitrogens with zero attached hydrogens (tertiary/aromatic N) is 3. The molecule has 1 aromatic heterocycles. The monoisotopic (exact) mass is 228 g/mol. The molecule has 4 nitrogen and oxygen atoms in total. The Labute approximate surface area is 95.7 Å². The first kappa shape index (κ1) is 12.2. The van der Waals surface area contributed by atoms with Crippen molar-refractivity contribution in [2.45, 2.75) is 19.9 Å². The highest BCUT2D eigenvalue weighted by molar-refractivity contribution is 6.28. The number of hydrogen-bond acceptors (Lipinski definition) is 4. The molecule has 0 radical (unpaired) electrons. The lowest BCUT2D eigenvalue weighted by Gasteiger charge is -2.20. The fourth-order valence-corrected chi connectivity index (χ4v) is 1.28. The summed E-state index contributed by atoms with van der Waals surface area (Å²) in [5.41, 5.74) is 0.870. The van der Waals surface area contributed by atoms with Crippen LogP contribution in [0.2, 0.25) is 5.28 Å². The molecule has 1 aromatic rings. The smallest absolute Gasteiger partial charge is 0.224 e. The molecule has 5 heteroatoms. The number of likely N-dealkylation sites (N-methyl/N-ethyl adjacent to an activating group) is 1. The quantitative estimate of drug-likeness (QED) is 0.798. The molecule has 84 valence electrons. The number of hydrogen-bond donors (Lipinski definition) is 1. The molecule has 1 heterocycles. The predicted molar refractivity (Wildman–Crippen MR) is 63.4 cm³/mol. The third kappa shape index (κ3) is 4.01. The predicted octanol–water partition coefficient (Wildman–Crippen LogP) is 1.80. The van der Waals surface area contributed by atoms with Crippen molar-refractivity contribution in [2.24, 2.45) is 0 Å². The molecule has 0 aliphatic heterocycles. The molecule has 0 amide bonds. The second-order valence-electron chi connectivity index (χ2n) is 3.86. The second-order valence-corrected chi connectivity index (χ2v) is 4.20. The van der Waals surface area contributed by atoms with Gasteiger partial charge in [-0.1, -0.05) is 0 Å². The first-order valence-corrected chi connectivity index (χ1v) is 5.28. The summed E-state index contributed by atoms with van der Waals surface area (Å²) < 4.78 is 0. The van der Waals surface area contributed by atoms with Crippen LogP contribution in [0, 0.1) is 6.92 Å². The molecule has 0 aliphatic carbocycles. The first-order chi connectivity index (χ1) is 6.99. The van der Waals surface area contributed by atoms with Crippen molar-refractivity contribution in [1.29, 1.82) is 0 Å². The average molecular weight is 229 g/mol. The summed E-state index contributed by atoms with van der Waals surface area (Å²) in [7, 11) is 4.09. The van der Waals surface area contributed by atoms with Crippen LogP contribution >= 0.6 is 11.6 Å². The highest BCUT2D eigenvalue weighted by atomic mass is 35.5. The van der Waals surface area contributed by atoms with E-state index in [4.69, 9.17) is 11.6 Å². The topological polar surface area (TPSA) is 41.0 Å². The van der Waals surface area contributed by atoms with Crippen LogP contribution < -0.4 is 5.32 Å². The van der Waals surface area contributed by atoms with E-state index in [-0.39, 0.29) is 5.28 Å². The lowest BCUT2D eigenvalue weighted by Crippen LogP contribution is -2.31. The maximum absolute atomic E-state index is 5.76. The number of rotatable bonds is 4. The van der Waals surface area contributed by atoms with E-state index >= 15 is 0 Å². The summed E-state index contributed by atoms with van der Waals surface area (Å²) in [6.07, 6.45) is 0. The molecule has 15 heavy (non-hydrogen) atoms. The molecule has 0 saturated carbocycles. The summed E-state index contributed by atoms with van der Waals surface area (Å²) in [6.45, 7) is 4.87. The standard InChI is InChI=1S/C10H17ClN4/c1-7-5-9(14-10(11)13-7)12-6-8(2)15(3)4/h5,8H,6H2,1-4H3,(H,12,13,14). The molecule has 0 aromatic carbocycles. The minimum atomic E-state index is 0.287. The van der Waals surface area contributed by atoms with Crippen molar-refractivity contribution in [1.82, 2.24) is 14.9 Å². The minimum Gasteiger partial charge on any atom is -0.368 e. The Morgan fingerprint density at radius 2 is 2.13 bits per heavy atom. The van der Waals surface area contributed by atoms with Crippen molar-refractivity contribution in [3.8, 4) is 0 Å². The van der Waals surface area contributed by atoms with Crippen LogP contribution in [0.5, 0.6) is 0 Å². The van der Waals surface area contributed by atoms with E-state index in [0.717, 1.165) is 18.1 Å². The number of nitrogens with one attached hydrogen (secondary N) is 1. The number of aromatic nitrogens is 2. The van der Waals surface area contributed by atoms with Gasteiger partial charge in [0.05, 0.1) is 0 Å². The normalized spacial score (nSPS) is 12.9. The van der Waals surface area contributed by atoms with Crippen molar-refractivity contribution in [3.05, 3.63) is 17.0 Å². The van der Waals surface area contributed by atoms with Crippen molar-refractivity contribution >= 4 is 17.4 Å². The highest BCUT2D eigenvalue weighted by Gasteiger charge is 2.05. The third-order valence-corrected chi connectivity index (χ3v) is 2.46. The molecule has 0 fully saturated rings. The fraction of sp³-hybridized carbons (Fsp3) is 0.600. The van der Waals surface area contributed by atoms with E-state index in [0.29, 0.717) is 6.04 Å². The second kappa shape index (κ2) is 5.28. The van der Waals surface area contributed by atoms with E-state index in [2.05, 4.69) is 27.1 Å². The van der Waals surface area contributed by atoms with E-state index in [1.165, 1.54) is 0 Å². The molecule has 1 rings (SSSR count). The summed E-state index contributed by atoms with van der Waals surface area (Å²) in [6, 6.07) is 2.33. The van der Waals surface area contributed by atoms with Gasteiger partial charge in [-0.25, -0.2) is 9.97 Å². The van der Waals surface area contributed by atoms with Crippen LogP contribution in [-0.2, 0) is 0 Å². The summed E-state index contributed by atoms with van der Waals surface area (Å²) in [4.78, 5) is 10.2. The summed E-state index contributed by atoms with van der Waals surface area (Å²) in [5.74, 6) is 0.779. The van der Waals surface area contributed by atoms with Crippen LogP contribution in [0.4, 0.5) is 5.82 Å². The van der Waals surface area contributed by atoms with E-state index in [1.54, 1.807) is 0 Å². The Kier molecular flexibility index (Phi) is 4.29. The lowest BCUT2D eigenvalue weighted by atomic mass is 10.3. The Hall–Kier alpha value is -0.870. The SMILES string of the molecule is Cc1cc(NCC(C)N(C)C)nc(Cl)n1. The zero-order chi connectivity index (χ0) is 11.4. The van der Waals surface area contributed by atoms with E-state index < -0.39 is 0 Å². The van der Waals surface area contributed by atoms with Crippen LogP contribution in [0.25, 0.3) is 0 Å². The van der Waals surface area contributed by atoms with Gasteiger partial charge >= 0.3 is 0 Å². The zero-order valence-electron chi connectivity index (χ0n) is 9.58. The van der Waals surface area contributed by atoms with Gasteiger partial charge in [0.1, 0.15) is 5.82 Å². The molecule has 1 atom stereocenters. The molecule has 0 saturated heterocycles. The Bertz CT molecular complexity index is 307. The van der Waals surface area contributed by atoms with E-state index in [1.807, 2.05) is 27.1 Å². The molecule has 0 spiro atoms. The average Bonchev–Trinajstić information content (AvgIpc) is 2.12. The minimum absolute atomic E-state index is 0.287. The zero-order valence-corrected chi connectivity index (χ0v) is 10.3. The van der Waals surface area contributed by atoms with Crippen LogP contribution in [0.1, 0.15) is 12.6 Å². The van der Waals surface area contributed by atoms with Gasteiger partial charge in [0, 0.05) is 24.3 Å². The van der Waals surface area contributed by atoms with Gasteiger partial charge in [0.25, 0.3) is 0 Å². The molecular weight excluding hydrogens is 212 g/mol. The van der Waals surface area contributed by atoms with Crippen LogP contribution in [0.15, 0.2) is 6.07 Å². The Balaban J connectivity index is 2.57. The molecule has 0 aliphatic rings. The number of anilines is 1. The fourth-order valence-electron chi connectivity index (χ4n) is 1.06. The van der Waals surface area contributed by atoms with Crippen molar-refractivity contribution in [2.75, 3.05) is 26.0 Å². The van der Waals surface area contributed by atoms with Crippen molar-refractivity contribution < 1.29 is 0 Å². The van der Waals surface area contributed by atoms with Gasteiger partial charge in [0.15, 0.2) is 0 Å². The Morgan fingerprint density at radius 3 is 2.67 bits per heavy atom. The van der Waals surface area contributed by atoms with Crippen LogP contribution in [-0.4, -0.2) is 41.5 Å². The molecule has 0 bridgehead atoms. The van der Waals surface area contributed by atoms with Gasteiger partial charge in [-0.3, -0.25) is 0 Å². The molecular formula is C10H17ClN4. The maximum Gasteiger partial charge on any atom is 0.224 e. The van der Waals surface area contributed by atoms with Gasteiger partial charge in [-0.2, -0.15) is 0 Å². The lowest BCUT2D eigenvalue weighted by molar-refractivity contribution is 0.326. The van der Waals surface area contributed by atoms with Gasteiger partial charge in [0.2, 0.25) is 5.28 Å².